The first kappa shape index (κ1) is 14.1. The van der Waals surface area contributed by atoms with Crippen LogP contribution in [0.4, 0.5) is 4.79 Å². The van der Waals surface area contributed by atoms with Crippen molar-refractivity contribution in [3.8, 4) is 0 Å². The van der Waals surface area contributed by atoms with Crippen molar-refractivity contribution in [2.24, 2.45) is 0 Å². The average molecular weight is 254 g/mol. The van der Waals surface area contributed by atoms with Gasteiger partial charge >= 0.3 is 6.09 Å². The fraction of sp³-hybridized carbons (Fsp3) is 0.500. The van der Waals surface area contributed by atoms with Gasteiger partial charge in [-0.3, -0.25) is 0 Å². The maximum Gasteiger partial charge on any atom is 0.408 e. The van der Waals surface area contributed by atoms with Crippen LogP contribution >= 0.6 is 0 Å². The van der Waals surface area contributed by atoms with Gasteiger partial charge in [-0.15, -0.1) is 0 Å². The summed E-state index contributed by atoms with van der Waals surface area (Å²) in [5, 5.41) is 13.1. The third-order valence-electron chi connectivity index (χ3n) is 2.01. The zero-order chi connectivity index (χ0) is 13.8. The predicted molar refractivity (Wildman–Crippen MR) is 60.4 cm³/mol. The van der Waals surface area contributed by atoms with Gasteiger partial charge in [-0.2, -0.15) is 0 Å². The largest absolute Gasteiger partial charge is 0.550 e. The molecule has 0 saturated heterocycles. The Kier molecular flexibility index (Phi) is 4.36. The average Bonchev–Trinajstić information content (AvgIpc) is 2.64. The first-order chi connectivity index (χ1) is 8.28. The van der Waals surface area contributed by atoms with Gasteiger partial charge in [-0.1, -0.05) is 0 Å². The van der Waals surface area contributed by atoms with Crippen molar-refractivity contribution in [3.05, 3.63) is 24.2 Å². The second-order valence-corrected chi connectivity index (χ2v) is 4.83. The number of aliphatic carboxylic acids is 1. The van der Waals surface area contributed by atoms with E-state index in [-0.39, 0.29) is 6.42 Å². The highest BCUT2D eigenvalue weighted by Crippen LogP contribution is 2.18. The highest BCUT2D eigenvalue weighted by Gasteiger charge is 2.21. The summed E-state index contributed by atoms with van der Waals surface area (Å²) in [6.45, 7) is 5.16. The summed E-state index contributed by atoms with van der Waals surface area (Å²) in [4.78, 5) is 22.2. The molecule has 1 aromatic heterocycles. The van der Waals surface area contributed by atoms with Crippen LogP contribution in [0, 0.1) is 0 Å². The van der Waals surface area contributed by atoms with Crippen molar-refractivity contribution in [1.29, 1.82) is 0 Å². The maximum atomic E-state index is 11.6. The van der Waals surface area contributed by atoms with Gasteiger partial charge in [0.1, 0.15) is 5.60 Å². The summed E-state index contributed by atoms with van der Waals surface area (Å²) in [6.07, 6.45) is 1.73. The third-order valence-corrected chi connectivity index (χ3v) is 2.01. The Labute approximate surface area is 105 Å². The van der Waals surface area contributed by atoms with Gasteiger partial charge in [0, 0.05) is 18.0 Å². The lowest BCUT2D eigenvalue weighted by Gasteiger charge is -2.23. The lowest BCUT2D eigenvalue weighted by molar-refractivity contribution is -0.306. The highest BCUT2D eigenvalue weighted by molar-refractivity contribution is 5.71. The minimum absolute atomic E-state index is 0.348. The van der Waals surface area contributed by atoms with E-state index in [9.17, 15) is 14.7 Å². The zero-order valence-corrected chi connectivity index (χ0v) is 10.6. The molecule has 0 bridgehead atoms. The summed E-state index contributed by atoms with van der Waals surface area (Å²) >= 11 is 0. The summed E-state index contributed by atoms with van der Waals surface area (Å²) in [5.74, 6) is -1.27. The Balaban J connectivity index is 2.68. The standard InChI is InChI=1S/C12H17NO5/c1-12(2,3)18-11(16)13-9(6-10(14)15)8-4-5-17-7-8/h4-5,7,9H,6H2,1-3H3,(H,13,16)(H,14,15)/p-1/t9-/m1/s1. The van der Waals surface area contributed by atoms with Crippen molar-refractivity contribution >= 4 is 12.1 Å². The van der Waals surface area contributed by atoms with Crippen molar-refractivity contribution in [2.75, 3.05) is 0 Å². The number of alkyl carbamates (subject to hydrolysis) is 1. The number of nitrogens with one attached hydrogen (secondary N) is 1. The molecule has 0 unspecified atom stereocenters. The molecule has 0 aliphatic carbocycles. The van der Waals surface area contributed by atoms with E-state index < -0.39 is 23.7 Å². The molecule has 1 heterocycles. The number of amides is 1. The first-order valence-electron chi connectivity index (χ1n) is 5.49. The Morgan fingerprint density at radius 1 is 1.50 bits per heavy atom. The van der Waals surface area contributed by atoms with Crippen molar-refractivity contribution in [3.63, 3.8) is 0 Å². The number of carboxylic acid groups (broad SMARTS) is 1. The molecule has 6 heteroatoms. The molecule has 100 valence electrons. The highest BCUT2D eigenvalue weighted by atomic mass is 16.6. The van der Waals surface area contributed by atoms with Crippen LogP contribution in [0.15, 0.2) is 23.0 Å². The normalized spacial score (nSPS) is 12.8. The van der Waals surface area contributed by atoms with Crippen LogP contribution in [0.1, 0.15) is 38.8 Å². The van der Waals surface area contributed by atoms with Crippen LogP contribution in [-0.2, 0) is 9.53 Å². The van der Waals surface area contributed by atoms with E-state index in [0.29, 0.717) is 5.56 Å². The van der Waals surface area contributed by atoms with Gasteiger partial charge < -0.3 is 24.4 Å². The van der Waals surface area contributed by atoms with Crippen molar-refractivity contribution in [2.45, 2.75) is 38.8 Å². The van der Waals surface area contributed by atoms with Crippen molar-refractivity contribution < 1.29 is 23.8 Å². The van der Waals surface area contributed by atoms with E-state index >= 15 is 0 Å². The molecule has 0 saturated carbocycles. The number of carbonyl (C=O) groups excluding carboxylic acids is 2. The smallest absolute Gasteiger partial charge is 0.408 e. The molecule has 0 aromatic carbocycles. The van der Waals surface area contributed by atoms with Crippen LogP contribution < -0.4 is 10.4 Å². The topological polar surface area (TPSA) is 91.6 Å². The van der Waals surface area contributed by atoms with Crippen LogP contribution in [0.25, 0.3) is 0 Å². The van der Waals surface area contributed by atoms with E-state index in [1.54, 1.807) is 26.8 Å². The molecule has 1 N–H and O–H groups in total. The molecule has 1 atom stereocenters. The second kappa shape index (κ2) is 5.57. The Morgan fingerprint density at radius 3 is 2.61 bits per heavy atom. The monoisotopic (exact) mass is 254 g/mol. The van der Waals surface area contributed by atoms with Gasteiger partial charge in [0.05, 0.1) is 18.6 Å². The molecule has 0 spiro atoms. The minimum Gasteiger partial charge on any atom is -0.550 e. The maximum absolute atomic E-state index is 11.6. The predicted octanol–water partition coefficient (Wildman–Crippen LogP) is 0.985. The molecular formula is C12H16NO5-. The fourth-order valence-corrected chi connectivity index (χ4v) is 1.34. The van der Waals surface area contributed by atoms with Crippen LogP contribution in [0.5, 0.6) is 0 Å². The summed E-state index contributed by atoms with van der Waals surface area (Å²) < 4.78 is 9.91. The molecule has 1 rings (SSSR count). The van der Waals surface area contributed by atoms with E-state index in [4.69, 9.17) is 9.15 Å². The lowest BCUT2D eigenvalue weighted by atomic mass is 10.1. The third kappa shape index (κ3) is 4.90. The van der Waals surface area contributed by atoms with Gasteiger partial charge in [-0.25, -0.2) is 4.79 Å². The number of rotatable bonds is 4. The summed E-state index contributed by atoms with van der Waals surface area (Å²) in [6, 6.07) is 0.842. The van der Waals surface area contributed by atoms with Gasteiger partial charge in [0.2, 0.25) is 0 Å². The number of hydrogen-bond donors (Lipinski definition) is 1. The van der Waals surface area contributed by atoms with E-state index in [0.717, 1.165) is 0 Å². The SMILES string of the molecule is CC(C)(C)OC(=O)N[C@H](CC(=O)[O-])c1ccoc1. The van der Waals surface area contributed by atoms with Gasteiger partial charge in [0.25, 0.3) is 0 Å². The number of furan rings is 1. The number of ether oxygens (including phenoxy) is 1. The van der Waals surface area contributed by atoms with Crippen LogP contribution in [-0.4, -0.2) is 17.7 Å². The fourth-order valence-electron chi connectivity index (χ4n) is 1.34. The molecule has 0 aliphatic rings. The van der Waals surface area contributed by atoms with Crippen LogP contribution in [0.2, 0.25) is 0 Å². The lowest BCUT2D eigenvalue weighted by Crippen LogP contribution is -2.37. The van der Waals surface area contributed by atoms with E-state index in [1.807, 2.05) is 0 Å². The summed E-state index contributed by atoms with van der Waals surface area (Å²) in [7, 11) is 0. The molecule has 0 radical (unpaired) electrons. The van der Waals surface area contributed by atoms with Crippen molar-refractivity contribution in [1.82, 2.24) is 5.32 Å². The number of hydrogen-bond acceptors (Lipinski definition) is 5. The Morgan fingerprint density at radius 2 is 2.17 bits per heavy atom. The molecule has 1 aromatic rings. The molecular weight excluding hydrogens is 238 g/mol. The molecule has 1 amide bonds. The minimum atomic E-state index is -1.27. The molecule has 6 nitrogen and oxygen atoms in total. The van der Waals surface area contributed by atoms with E-state index in [1.165, 1.54) is 12.5 Å². The zero-order valence-electron chi connectivity index (χ0n) is 10.6. The van der Waals surface area contributed by atoms with E-state index in [2.05, 4.69) is 5.32 Å². The number of carboxylic acids is 1. The molecule has 0 fully saturated rings. The molecule has 0 aliphatic heterocycles. The number of carbonyl (C=O) groups is 2. The summed E-state index contributed by atoms with van der Waals surface area (Å²) in [5.41, 5.74) is -0.1000. The first-order valence-corrected chi connectivity index (χ1v) is 5.49. The Bertz CT molecular complexity index is 405. The van der Waals surface area contributed by atoms with Gasteiger partial charge in [0.15, 0.2) is 0 Å². The van der Waals surface area contributed by atoms with Crippen LogP contribution in [0.3, 0.4) is 0 Å². The second-order valence-electron chi connectivity index (χ2n) is 4.83. The van der Waals surface area contributed by atoms with Gasteiger partial charge in [-0.05, 0) is 26.8 Å². The Hall–Kier alpha value is -1.98. The quantitative estimate of drug-likeness (QED) is 0.864. The molecule has 18 heavy (non-hydrogen) atoms.